The van der Waals surface area contributed by atoms with Crippen molar-refractivity contribution in [3.05, 3.63) is 89.9 Å². The minimum absolute atomic E-state index is 0.109. The fourth-order valence-electron chi connectivity index (χ4n) is 5.52. The van der Waals surface area contributed by atoms with E-state index in [4.69, 9.17) is 0 Å². The number of aromatic nitrogens is 2. The molecule has 166 valence electrons. The lowest BCUT2D eigenvalue weighted by atomic mass is 9.91. The first-order valence-corrected chi connectivity index (χ1v) is 11.3. The summed E-state index contributed by atoms with van der Waals surface area (Å²) in [6, 6.07) is 16.9. The Morgan fingerprint density at radius 3 is 2.65 bits per heavy atom. The average molecular weight is 448 g/mol. The van der Waals surface area contributed by atoms with E-state index >= 15 is 0 Å². The molecule has 0 radical (unpaired) electrons. The highest BCUT2D eigenvalue weighted by atomic mass is 16.2. The number of benzene rings is 2. The minimum atomic E-state index is -0.476. The molecule has 3 aliphatic rings. The van der Waals surface area contributed by atoms with Gasteiger partial charge in [0.25, 0.3) is 11.8 Å². The second kappa shape index (κ2) is 6.57. The second-order valence-electron chi connectivity index (χ2n) is 9.27. The Labute approximate surface area is 194 Å². The van der Waals surface area contributed by atoms with Crippen LogP contribution in [0.25, 0.3) is 21.8 Å². The largest absolute Gasteiger partial charge is 0.351 e. The Kier molecular flexibility index (Phi) is 3.69. The molecule has 2 fully saturated rings. The zero-order chi connectivity index (χ0) is 23.0. The summed E-state index contributed by atoms with van der Waals surface area (Å²) in [4.78, 5) is 46.6. The summed E-state index contributed by atoms with van der Waals surface area (Å²) < 4.78 is 0. The topological polar surface area (TPSA) is 98.1 Å². The van der Waals surface area contributed by atoms with Gasteiger partial charge in [-0.3, -0.25) is 14.4 Å². The number of allylic oxidation sites excluding steroid dienone is 4. The van der Waals surface area contributed by atoms with E-state index in [0.717, 1.165) is 33.9 Å². The van der Waals surface area contributed by atoms with Gasteiger partial charge in [-0.05, 0) is 60.9 Å². The maximum Gasteiger partial charge on any atom is 0.274 e. The van der Waals surface area contributed by atoms with Gasteiger partial charge in [0.05, 0.1) is 5.41 Å². The van der Waals surface area contributed by atoms with Crippen molar-refractivity contribution < 1.29 is 14.4 Å². The van der Waals surface area contributed by atoms with Gasteiger partial charge < -0.3 is 20.2 Å². The number of anilines is 1. The Morgan fingerprint density at radius 1 is 0.971 bits per heavy atom. The van der Waals surface area contributed by atoms with Gasteiger partial charge >= 0.3 is 0 Å². The van der Waals surface area contributed by atoms with Gasteiger partial charge in [0.15, 0.2) is 5.78 Å². The highest BCUT2D eigenvalue weighted by molar-refractivity contribution is 6.08. The SMILES string of the molecule is O=C(Nc1ccc2[nH]c(C(=O)N3CC4CC45C(=O)C=CC=C35)cc2c1)c1cc2ccccc2[nH]1. The number of aromatic amines is 2. The van der Waals surface area contributed by atoms with Crippen LogP contribution in [0.15, 0.2) is 78.5 Å². The first kappa shape index (κ1) is 19.1. The van der Waals surface area contributed by atoms with Crippen molar-refractivity contribution in [2.75, 3.05) is 11.9 Å². The Bertz CT molecular complexity index is 1590. The number of hydrogen-bond acceptors (Lipinski definition) is 3. The number of likely N-dealkylation sites (tertiary alicyclic amines) is 1. The summed E-state index contributed by atoms with van der Waals surface area (Å²) in [6.07, 6.45) is 6.08. The molecule has 2 atom stereocenters. The molecular weight excluding hydrogens is 428 g/mol. The molecule has 7 nitrogen and oxygen atoms in total. The molecule has 2 amide bonds. The third-order valence-corrected chi connectivity index (χ3v) is 7.33. The highest BCUT2D eigenvalue weighted by Gasteiger charge is 2.68. The van der Waals surface area contributed by atoms with Crippen molar-refractivity contribution in [1.29, 1.82) is 0 Å². The van der Waals surface area contributed by atoms with Gasteiger partial charge in [0.1, 0.15) is 11.4 Å². The fraction of sp³-hybridized carbons (Fsp3) is 0.148. The molecule has 7 rings (SSSR count). The number of piperidine rings is 1. The number of amides is 2. The summed E-state index contributed by atoms with van der Waals surface area (Å²) in [5.41, 5.74) is 3.64. The van der Waals surface area contributed by atoms with Gasteiger partial charge in [0.2, 0.25) is 0 Å². The van der Waals surface area contributed by atoms with Crippen LogP contribution in [0, 0.1) is 11.3 Å². The fourth-order valence-corrected chi connectivity index (χ4v) is 5.52. The highest BCUT2D eigenvalue weighted by Crippen LogP contribution is 2.65. The lowest BCUT2D eigenvalue weighted by Gasteiger charge is -2.24. The molecule has 2 aromatic carbocycles. The Balaban J connectivity index is 1.14. The average Bonchev–Trinajstić information content (AvgIpc) is 3.18. The second-order valence-corrected chi connectivity index (χ2v) is 9.27. The molecule has 1 saturated carbocycles. The molecule has 1 aliphatic heterocycles. The van der Waals surface area contributed by atoms with Gasteiger partial charge in [-0.15, -0.1) is 0 Å². The molecule has 1 saturated heterocycles. The summed E-state index contributed by atoms with van der Waals surface area (Å²) in [6.45, 7) is 0.569. The number of rotatable bonds is 3. The van der Waals surface area contributed by atoms with E-state index in [0.29, 0.717) is 23.6 Å². The van der Waals surface area contributed by atoms with Crippen molar-refractivity contribution in [3.8, 4) is 0 Å². The van der Waals surface area contributed by atoms with Crippen LogP contribution < -0.4 is 5.32 Å². The van der Waals surface area contributed by atoms with Crippen LogP contribution in [0.4, 0.5) is 5.69 Å². The van der Waals surface area contributed by atoms with Crippen molar-refractivity contribution in [2.24, 2.45) is 11.3 Å². The molecule has 7 heteroatoms. The van der Waals surface area contributed by atoms with E-state index in [1.54, 1.807) is 29.2 Å². The molecule has 2 aliphatic carbocycles. The Hall–Kier alpha value is -4.39. The lowest BCUT2D eigenvalue weighted by molar-refractivity contribution is -0.118. The lowest BCUT2D eigenvalue weighted by Crippen LogP contribution is -2.32. The van der Waals surface area contributed by atoms with E-state index in [1.807, 2.05) is 48.5 Å². The number of carbonyl (C=O) groups excluding carboxylic acids is 3. The number of nitrogens with one attached hydrogen (secondary N) is 3. The van der Waals surface area contributed by atoms with Gasteiger partial charge in [-0.1, -0.05) is 24.3 Å². The maximum atomic E-state index is 13.3. The Morgan fingerprint density at radius 2 is 1.76 bits per heavy atom. The number of carbonyl (C=O) groups is 3. The number of ketones is 1. The molecule has 2 unspecified atom stereocenters. The molecular formula is C27H20N4O3. The zero-order valence-electron chi connectivity index (χ0n) is 18.1. The van der Waals surface area contributed by atoms with E-state index in [9.17, 15) is 14.4 Å². The molecule has 1 spiro atoms. The van der Waals surface area contributed by atoms with Crippen LogP contribution in [0.3, 0.4) is 0 Å². The van der Waals surface area contributed by atoms with Crippen LogP contribution in [-0.4, -0.2) is 39.0 Å². The van der Waals surface area contributed by atoms with E-state index in [-0.39, 0.29) is 23.5 Å². The predicted molar refractivity (Wildman–Crippen MR) is 128 cm³/mol. The quantitative estimate of drug-likeness (QED) is 0.434. The molecule has 0 bridgehead atoms. The molecule has 2 aromatic heterocycles. The predicted octanol–water partition coefficient (Wildman–Crippen LogP) is 4.39. The van der Waals surface area contributed by atoms with Crippen molar-refractivity contribution in [2.45, 2.75) is 6.42 Å². The number of hydrogen-bond donors (Lipinski definition) is 3. The normalized spacial score (nSPS) is 22.6. The van der Waals surface area contributed by atoms with E-state index in [1.165, 1.54) is 0 Å². The summed E-state index contributed by atoms with van der Waals surface area (Å²) in [5, 5.41) is 4.72. The van der Waals surface area contributed by atoms with Crippen LogP contribution in [0.5, 0.6) is 0 Å². The molecule has 4 aromatic rings. The van der Waals surface area contributed by atoms with Crippen molar-refractivity contribution in [3.63, 3.8) is 0 Å². The number of para-hydroxylation sites is 1. The first-order chi connectivity index (χ1) is 16.5. The van der Waals surface area contributed by atoms with Gasteiger partial charge in [-0.25, -0.2) is 0 Å². The minimum Gasteiger partial charge on any atom is -0.351 e. The molecule has 3 heterocycles. The van der Waals surface area contributed by atoms with Crippen LogP contribution in [0.1, 0.15) is 27.4 Å². The number of fused-ring (bicyclic) bond motifs is 2. The zero-order valence-corrected chi connectivity index (χ0v) is 18.1. The van der Waals surface area contributed by atoms with E-state index in [2.05, 4.69) is 15.3 Å². The van der Waals surface area contributed by atoms with Crippen LogP contribution in [-0.2, 0) is 4.79 Å². The van der Waals surface area contributed by atoms with E-state index < -0.39 is 5.41 Å². The molecule has 34 heavy (non-hydrogen) atoms. The summed E-state index contributed by atoms with van der Waals surface area (Å²) in [7, 11) is 0. The number of H-pyrrole nitrogens is 2. The maximum absolute atomic E-state index is 13.3. The smallest absolute Gasteiger partial charge is 0.274 e. The summed E-state index contributed by atoms with van der Waals surface area (Å²) in [5.74, 6) is -0.0417. The van der Waals surface area contributed by atoms with Crippen molar-refractivity contribution >= 4 is 45.1 Å². The standard InChI is InChI=1S/C27H20N4O3/c32-24-7-3-6-23-27(24)13-17(27)14-31(23)26(34)22-12-16-10-18(8-9-20(16)30-22)28-25(33)21-11-15-4-1-2-5-19(15)29-21/h1-12,17,29-30H,13-14H2,(H,28,33). The molecule has 3 N–H and O–H groups in total. The van der Waals surface area contributed by atoms with Crippen LogP contribution in [0.2, 0.25) is 0 Å². The third kappa shape index (κ3) is 2.61. The monoisotopic (exact) mass is 448 g/mol. The van der Waals surface area contributed by atoms with Crippen LogP contribution >= 0.6 is 0 Å². The number of nitrogens with zero attached hydrogens (tertiary/aromatic N) is 1. The van der Waals surface area contributed by atoms with Crippen molar-refractivity contribution in [1.82, 2.24) is 14.9 Å². The third-order valence-electron chi connectivity index (χ3n) is 7.33. The first-order valence-electron chi connectivity index (χ1n) is 11.3. The van der Waals surface area contributed by atoms with Gasteiger partial charge in [0, 0.05) is 39.7 Å². The summed E-state index contributed by atoms with van der Waals surface area (Å²) >= 11 is 0. The van der Waals surface area contributed by atoms with Gasteiger partial charge in [-0.2, -0.15) is 0 Å².